The second-order valence-corrected chi connectivity index (χ2v) is 9.45. The number of carbonyl (C=O) groups excluding carboxylic acids is 2. The first-order valence-electron chi connectivity index (χ1n) is 10.8. The van der Waals surface area contributed by atoms with Crippen molar-refractivity contribution in [1.29, 1.82) is 0 Å². The lowest BCUT2D eigenvalue weighted by atomic mass is 9.90. The Kier molecular flexibility index (Phi) is 5.12. The van der Waals surface area contributed by atoms with Gasteiger partial charge in [0.25, 0.3) is 0 Å². The Bertz CT molecular complexity index is 926. The number of amides is 2. The number of aryl methyl sites for hydroxylation is 2. The van der Waals surface area contributed by atoms with Gasteiger partial charge in [-0.1, -0.05) is 12.1 Å². The van der Waals surface area contributed by atoms with E-state index in [1.54, 1.807) is 0 Å². The summed E-state index contributed by atoms with van der Waals surface area (Å²) in [6.07, 6.45) is 8.44. The van der Waals surface area contributed by atoms with Gasteiger partial charge in [-0.05, 0) is 68.6 Å². The number of aromatic nitrogens is 1. The molecule has 0 unspecified atom stereocenters. The molecule has 0 bridgehead atoms. The number of likely N-dealkylation sites (tertiary alicyclic amines) is 1. The summed E-state index contributed by atoms with van der Waals surface area (Å²) in [6, 6.07) is 6.65. The molecule has 5 rings (SSSR count). The van der Waals surface area contributed by atoms with Gasteiger partial charge in [0, 0.05) is 35.9 Å². The maximum atomic E-state index is 12.7. The molecule has 152 valence electrons. The minimum atomic E-state index is -0.0330. The number of hydrogen-bond acceptors (Lipinski definition) is 4. The van der Waals surface area contributed by atoms with Crippen LogP contribution in [-0.4, -0.2) is 34.8 Å². The van der Waals surface area contributed by atoms with Gasteiger partial charge in [-0.3, -0.25) is 9.59 Å². The zero-order chi connectivity index (χ0) is 19.8. The molecule has 2 heterocycles. The highest BCUT2D eigenvalue weighted by Gasteiger charge is 2.36. The SMILES string of the molecule is O=C(Nc1nc(-c2ccc3c(c2)CCCC3)cs1)C1CCN(C(=O)C2CC2)CC1. The Morgan fingerprint density at radius 2 is 1.76 bits per heavy atom. The summed E-state index contributed by atoms with van der Waals surface area (Å²) in [4.78, 5) is 31.5. The van der Waals surface area contributed by atoms with Crippen molar-refractivity contribution in [3.63, 3.8) is 0 Å². The second-order valence-electron chi connectivity index (χ2n) is 8.59. The zero-order valence-corrected chi connectivity index (χ0v) is 17.5. The van der Waals surface area contributed by atoms with Gasteiger partial charge in [-0.2, -0.15) is 0 Å². The summed E-state index contributed by atoms with van der Waals surface area (Å²) < 4.78 is 0. The summed E-state index contributed by atoms with van der Waals surface area (Å²) in [5.41, 5.74) is 4.98. The summed E-state index contributed by atoms with van der Waals surface area (Å²) in [7, 11) is 0. The van der Waals surface area contributed by atoms with Gasteiger partial charge in [0.15, 0.2) is 5.13 Å². The second kappa shape index (κ2) is 7.90. The van der Waals surface area contributed by atoms with Crippen LogP contribution < -0.4 is 5.32 Å². The van der Waals surface area contributed by atoms with E-state index in [1.807, 2.05) is 10.3 Å². The van der Waals surface area contributed by atoms with Crippen molar-refractivity contribution >= 4 is 28.3 Å². The number of anilines is 1. The average Bonchev–Trinajstić information content (AvgIpc) is 3.52. The number of piperidine rings is 1. The number of fused-ring (bicyclic) bond motifs is 1. The summed E-state index contributed by atoms with van der Waals surface area (Å²) in [6.45, 7) is 1.40. The summed E-state index contributed by atoms with van der Waals surface area (Å²) >= 11 is 1.48. The number of benzene rings is 1. The smallest absolute Gasteiger partial charge is 0.229 e. The van der Waals surface area contributed by atoms with Crippen molar-refractivity contribution in [2.24, 2.45) is 11.8 Å². The molecular weight excluding hydrogens is 382 g/mol. The fourth-order valence-corrected chi connectivity index (χ4v) is 5.24. The summed E-state index contributed by atoms with van der Waals surface area (Å²) in [5, 5.41) is 5.70. The number of nitrogens with one attached hydrogen (secondary N) is 1. The van der Waals surface area contributed by atoms with E-state index in [2.05, 4.69) is 28.5 Å². The first-order chi connectivity index (χ1) is 14.2. The maximum Gasteiger partial charge on any atom is 0.229 e. The van der Waals surface area contributed by atoms with Crippen molar-refractivity contribution in [2.45, 2.75) is 51.4 Å². The molecule has 29 heavy (non-hydrogen) atoms. The molecule has 0 spiro atoms. The quantitative estimate of drug-likeness (QED) is 0.820. The third-order valence-corrected chi connectivity index (χ3v) is 7.24. The highest BCUT2D eigenvalue weighted by molar-refractivity contribution is 7.14. The van der Waals surface area contributed by atoms with E-state index in [1.165, 1.54) is 41.7 Å². The maximum absolute atomic E-state index is 12.7. The zero-order valence-electron chi connectivity index (χ0n) is 16.7. The lowest BCUT2D eigenvalue weighted by Crippen LogP contribution is -2.42. The molecule has 1 saturated carbocycles. The molecule has 6 heteroatoms. The number of rotatable bonds is 4. The van der Waals surface area contributed by atoms with E-state index in [4.69, 9.17) is 0 Å². The molecule has 2 aliphatic carbocycles. The van der Waals surface area contributed by atoms with Crippen molar-refractivity contribution in [3.05, 3.63) is 34.7 Å². The van der Waals surface area contributed by atoms with E-state index in [9.17, 15) is 9.59 Å². The molecule has 5 nitrogen and oxygen atoms in total. The van der Waals surface area contributed by atoms with Crippen LogP contribution in [0.1, 0.15) is 49.7 Å². The monoisotopic (exact) mass is 409 g/mol. The third-order valence-electron chi connectivity index (χ3n) is 6.48. The molecule has 2 aromatic rings. The van der Waals surface area contributed by atoms with E-state index < -0.39 is 0 Å². The highest BCUT2D eigenvalue weighted by Crippen LogP contribution is 2.33. The van der Waals surface area contributed by atoms with Gasteiger partial charge in [0.2, 0.25) is 11.8 Å². The molecule has 3 aliphatic rings. The van der Waals surface area contributed by atoms with Gasteiger partial charge in [0.1, 0.15) is 0 Å². The Labute approximate surface area is 175 Å². The van der Waals surface area contributed by atoms with Crippen LogP contribution in [-0.2, 0) is 22.4 Å². The first kappa shape index (κ1) is 18.8. The topological polar surface area (TPSA) is 62.3 Å². The standard InChI is InChI=1S/C23H27N3O2S/c27-21(16-9-11-26(12-10-16)22(28)17-6-7-17)25-23-24-20(14-29-23)19-8-5-15-3-1-2-4-18(15)13-19/h5,8,13-14,16-17H,1-4,6-7,9-12H2,(H,24,25,27). The predicted molar refractivity (Wildman–Crippen MR) is 115 cm³/mol. The Morgan fingerprint density at radius 3 is 2.52 bits per heavy atom. The van der Waals surface area contributed by atoms with E-state index >= 15 is 0 Å². The van der Waals surface area contributed by atoms with Crippen LogP contribution in [0, 0.1) is 11.8 Å². The van der Waals surface area contributed by atoms with E-state index in [0.717, 1.165) is 43.4 Å². The molecule has 1 N–H and O–H groups in total. The molecule has 0 atom stereocenters. The van der Waals surface area contributed by atoms with Crippen LogP contribution in [0.4, 0.5) is 5.13 Å². The molecule has 1 aromatic heterocycles. The van der Waals surface area contributed by atoms with Crippen molar-refractivity contribution in [2.75, 3.05) is 18.4 Å². The minimum absolute atomic E-state index is 0.0330. The first-order valence-corrected chi connectivity index (χ1v) is 11.7. The number of hydrogen-bond donors (Lipinski definition) is 1. The van der Waals surface area contributed by atoms with Crippen molar-refractivity contribution < 1.29 is 9.59 Å². The Hall–Kier alpha value is -2.21. The average molecular weight is 410 g/mol. The van der Waals surface area contributed by atoms with Crippen molar-refractivity contribution in [3.8, 4) is 11.3 Å². The number of carbonyl (C=O) groups is 2. The van der Waals surface area contributed by atoms with Gasteiger partial charge >= 0.3 is 0 Å². The normalized spacial score (nSPS) is 19.7. The van der Waals surface area contributed by atoms with Crippen LogP contribution in [0.15, 0.2) is 23.6 Å². The van der Waals surface area contributed by atoms with Gasteiger partial charge in [0.05, 0.1) is 5.69 Å². The molecule has 2 amide bonds. The van der Waals surface area contributed by atoms with E-state index in [0.29, 0.717) is 24.1 Å². The van der Waals surface area contributed by atoms with Crippen LogP contribution in [0.3, 0.4) is 0 Å². The molecule has 1 aromatic carbocycles. The number of nitrogens with zero attached hydrogens (tertiary/aromatic N) is 2. The molecule has 1 aliphatic heterocycles. The largest absolute Gasteiger partial charge is 0.342 e. The third kappa shape index (κ3) is 4.08. The summed E-state index contributed by atoms with van der Waals surface area (Å²) in [5.74, 6) is 0.556. The molecule has 0 radical (unpaired) electrons. The van der Waals surface area contributed by atoms with Crippen molar-refractivity contribution in [1.82, 2.24) is 9.88 Å². The highest BCUT2D eigenvalue weighted by atomic mass is 32.1. The Morgan fingerprint density at radius 1 is 1.00 bits per heavy atom. The van der Waals surface area contributed by atoms with E-state index in [-0.39, 0.29) is 17.7 Å². The van der Waals surface area contributed by atoms with Crippen LogP contribution in [0.5, 0.6) is 0 Å². The minimum Gasteiger partial charge on any atom is -0.342 e. The number of thiazole rings is 1. The Balaban J connectivity index is 1.19. The van der Waals surface area contributed by atoms with Gasteiger partial charge in [-0.25, -0.2) is 4.98 Å². The fraction of sp³-hybridized carbons (Fsp3) is 0.522. The molecule has 2 fully saturated rings. The lowest BCUT2D eigenvalue weighted by molar-refractivity contribution is -0.135. The van der Waals surface area contributed by atoms with Crippen LogP contribution in [0.2, 0.25) is 0 Å². The predicted octanol–water partition coefficient (Wildman–Crippen LogP) is 4.28. The van der Waals surface area contributed by atoms with Gasteiger partial charge in [-0.15, -0.1) is 11.3 Å². The van der Waals surface area contributed by atoms with Gasteiger partial charge < -0.3 is 10.2 Å². The van der Waals surface area contributed by atoms with Crippen LogP contribution in [0.25, 0.3) is 11.3 Å². The molecular formula is C23H27N3O2S. The molecule has 1 saturated heterocycles. The van der Waals surface area contributed by atoms with Crippen LogP contribution >= 0.6 is 11.3 Å². The fourth-order valence-electron chi connectivity index (χ4n) is 4.51. The lowest BCUT2D eigenvalue weighted by Gasteiger charge is -2.31.